The lowest BCUT2D eigenvalue weighted by molar-refractivity contribution is 0.745. The normalized spacial score (nSPS) is 22.7. The monoisotopic (exact) mass is 260 g/mol. The molecule has 1 aliphatic carbocycles. The second-order valence-electron chi connectivity index (χ2n) is 5.31. The number of fused-ring (bicyclic) bond motifs is 3. The second kappa shape index (κ2) is 4.27. The number of benzene rings is 2. The first-order valence-corrected chi connectivity index (χ1v) is 6.93. The molecule has 0 spiro atoms. The zero-order valence-electron chi connectivity index (χ0n) is 11.1. The SMILES string of the molecule is Nc1ccc2c(c1)N(c1ccccc1)C1C=CC=CC21. The van der Waals surface area contributed by atoms with Crippen LogP contribution in [0.2, 0.25) is 0 Å². The van der Waals surface area contributed by atoms with Crippen molar-refractivity contribution in [3.05, 3.63) is 78.4 Å². The van der Waals surface area contributed by atoms with Crippen molar-refractivity contribution in [1.82, 2.24) is 0 Å². The minimum atomic E-state index is 0.346. The topological polar surface area (TPSA) is 29.3 Å². The molecule has 0 bridgehead atoms. The second-order valence-corrected chi connectivity index (χ2v) is 5.31. The van der Waals surface area contributed by atoms with E-state index < -0.39 is 0 Å². The third kappa shape index (κ3) is 1.58. The predicted molar refractivity (Wildman–Crippen MR) is 84.2 cm³/mol. The number of anilines is 3. The highest BCUT2D eigenvalue weighted by Gasteiger charge is 2.37. The van der Waals surface area contributed by atoms with Gasteiger partial charge in [0, 0.05) is 23.0 Å². The molecule has 0 amide bonds. The molecule has 2 aliphatic rings. The van der Waals surface area contributed by atoms with E-state index in [0.717, 1.165) is 5.69 Å². The van der Waals surface area contributed by atoms with Crippen molar-refractivity contribution in [1.29, 1.82) is 0 Å². The van der Waals surface area contributed by atoms with Crippen LogP contribution in [-0.4, -0.2) is 6.04 Å². The van der Waals surface area contributed by atoms with Crippen molar-refractivity contribution < 1.29 is 0 Å². The zero-order chi connectivity index (χ0) is 13.5. The van der Waals surface area contributed by atoms with Crippen molar-refractivity contribution in [3.8, 4) is 0 Å². The van der Waals surface area contributed by atoms with Crippen molar-refractivity contribution in [3.63, 3.8) is 0 Å². The maximum absolute atomic E-state index is 6.00. The molecule has 2 atom stereocenters. The van der Waals surface area contributed by atoms with Gasteiger partial charge < -0.3 is 10.6 Å². The molecule has 20 heavy (non-hydrogen) atoms. The Kier molecular flexibility index (Phi) is 2.43. The number of nitrogens with zero attached hydrogens (tertiary/aromatic N) is 1. The molecule has 2 aromatic carbocycles. The molecule has 98 valence electrons. The van der Waals surface area contributed by atoms with E-state index in [1.807, 2.05) is 12.1 Å². The molecule has 0 aromatic heterocycles. The summed E-state index contributed by atoms with van der Waals surface area (Å²) in [7, 11) is 0. The van der Waals surface area contributed by atoms with Crippen LogP contribution >= 0.6 is 0 Å². The van der Waals surface area contributed by atoms with Crippen LogP contribution in [0.25, 0.3) is 0 Å². The lowest BCUT2D eigenvalue weighted by Crippen LogP contribution is -2.28. The van der Waals surface area contributed by atoms with Gasteiger partial charge in [-0.2, -0.15) is 0 Å². The smallest absolute Gasteiger partial charge is 0.0629 e. The standard InChI is InChI=1S/C18H16N2/c19-13-10-11-16-15-8-4-5-9-17(15)20(18(16)12-13)14-6-2-1-3-7-14/h1-12,15,17H,19H2. The Labute approximate surface area is 118 Å². The first kappa shape index (κ1) is 11.4. The van der Waals surface area contributed by atoms with E-state index in [1.54, 1.807) is 0 Å². The Balaban J connectivity index is 1.92. The maximum atomic E-state index is 6.00. The van der Waals surface area contributed by atoms with E-state index in [1.165, 1.54) is 16.9 Å². The van der Waals surface area contributed by atoms with Gasteiger partial charge in [-0.25, -0.2) is 0 Å². The largest absolute Gasteiger partial charge is 0.399 e. The number of hydrogen-bond acceptors (Lipinski definition) is 2. The minimum absolute atomic E-state index is 0.346. The fraction of sp³-hybridized carbons (Fsp3) is 0.111. The van der Waals surface area contributed by atoms with Gasteiger partial charge in [0.25, 0.3) is 0 Å². The van der Waals surface area contributed by atoms with Gasteiger partial charge in [-0.1, -0.05) is 48.6 Å². The predicted octanol–water partition coefficient (Wildman–Crippen LogP) is 4.00. The van der Waals surface area contributed by atoms with Crippen LogP contribution < -0.4 is 10.6 Å². The third-order valence-electron chi connectivity index (χ3n) is 4.11. The summed E-state index contributed by atoms with van der Waals surface area (Å²) in [6.07, 6.45) is 8.82. The molecular formula is C18H16N2. The average Bonchev–Trinajstić information content (AvgIpc) is 2.81. The van der Waals surface area contributed by atoms with Gasteiger partial charge >= 0.3 is 0 Å². The summed E-state index contributed by atoms with van der Waals surface area (Å²) in [5.41, 5.74) is 10.6. The van der Waals surface area contributed by atoms with Crippen molar-refractivity contribution >= 4 is 17.1 Å². The fourth-order valence-electron chi connectivity index (χ4n) is 3.24. The molecule has 2 N–H and O–H groups in total. The number of nitrogens with two attached hydrogens (primary N) is 1. The van der Waals surface area contributed by atoms with Gasteiger partial charge in [0.05, 0.1) is 6.04 Å². The molecular weight excluding hydrogens is 244 g/mol. The average molecular weight is 260 g/mol. The van der Waals surface area contributed by atoms with Crippen molar-refractivity contribution in [2.24, 2.45) is 0 Å². The van der Waals surface area contributed by atoms with Gasteiger partial charge in [0.1, 0.15) is 0 Å². The highest BCUT2D eigenvalue weighted by Crippen LogP contribution is 2.47. The minimum Gasteiger partial charge on any atom is -0.399 e. The summed E-state index contributed by atoms with van der Waals surface area (Å²) in [4.78, 5) is 2.39. The fourth-order valence-corrected chi connectivity index (χ4v) is 3.24. The summed E-state index contributed by atoms with van der Waals surface area (Å²) < 4.78 is 0. The Bertz CT molecular complexity index is 701. The molecule has 1 heterocycles. The lowest BCUT2D eigenvalue weighted by atomic mass is 9.91. The molecule has 2 nitrogen and oxygen atoms in total. The molecule has 0 saturated heterocycles. The van der Waals surface area contributed by atoms with Gasteiger partial charge in [-0.05, 0) is 29.8 Å². The summed E-state index contributed by atoms with van der Waals surface area (Å²) in [5.74, 6) is 0.413. The Morgan fingerprint density at radius 1 is 0.900 bits per heavy atom. The molecule has 2 heteroatoms. The summed E-state index contributed by atoms with van der Waals surface area (Å²) in [6, 6.07) is 17.1. The van der Waals surface area contributed by atoms with Crippen molar-refractivity contribution in [2.45, 2.75) is 12.0 Å². The molecule has 0 fully saturated rings. The molecule has 0 saturated carbocycles. The quantitative estimate of drug-likeness (QED) is 0.785. The molecule has 4 rings (SSSR count). The van der Waals surface area contributed by atoms with E-state index in [2.05, 4.69) is 65.6 Å². The summed E-state index contributed by atoms with van der Waals surface area (Å²) in [6.45, 7) is 0. The molecule has 1 aliphatic heterocycles. The van der Waals surface area contributed by atoms with E-state index in [9.17, 15) is 0 Å². The van der Waals surface area contributed by atoms with Crippen LogP contribution in [0.4, 0.5) is 17.1 Å². The summed E-state index contributed by atoms with van der Waals surface area (Å²) >= 11 is 0. The molecule has 2 aromatic rings. The van der Waals surface area contributed by atoms with Crippen LogP contribution in [0, 0.1) is 0 Å². The Hall–Kier alpha value is -2.48. The lowest BCUT2D eigenvalue weighted by Gasteiger charge is -2.28. The summed E-state index contributed by atoms with van der Waals surface area (Å²) in [5, 5.41) is 0. The number of nitrogen functional groups attached to an aromatic ring is 1. The van der Waals surface area contributed by atoms with Gasteiger partial charge in [-0.15, -0.1) is 0 Å². The number of allylic oxidation sites excluding steroid dienone is 2. The molecule has 2 unspecified atom stereocenters. The van der Waals surface area contributed by atoms with E-state index in [0.29, 0.717) is 12.0 Å². The third-order valence-corrected chi connectivity index (χ3v) is 4.11. The molecule has 0 radical (unpaired) electrons. The van der Waals surface area contributed by atoms with E-state index in [4.69, 9.17) is 5.73 Å². The Morgan fingerprint density at radius 3 is 2.55 bits per heavy atom. The van der Waals surface area contributed by atoms with Crippen molar-refractivity contribution in [2.75, 3.05) is 10.6 Å². The number of hydrogen-bond donors (Lipinski definition) is 1. The van der Waals surface area contributed by atoms with E-state index in [-0.39, 0.29) is 0 Å². The van der Waals surface area contributed by atoms with Gasteiger partial charge in [0.2, 0.25) is 0 Å². The van der Waals surface area contributed by atoms with Crippen LogP contribution in [0.1, 0.15) is 11.5 Å². The zero-order valence-corrected chi connectivity index (χ0v) is 11.1. The van der Waals surface area contributed by atoms with Crippen LogP contribution in [0.5, 0.6) is 0 Å². The van der Waals surface area contributed by atoms with Gasteiger partial charge in [0.15, 0.2) is 0 Å². The first-order chi connectivity index (χ1) is 9.84. The first-order valence-electron chi connectivity index (χ1n) is 6.93. The number of rotatable bonds is 1. The van der Waals surface area contributed by atoms with Crippen LogP contribution in [0.3, 0.4) is 0 Å². The highest BCUT2D eigenvalue weighted by molar-refractivity contribution is 5.77. The number of para-hydroxylation sites is 1. The van der Waals surface area contributed by atoms with Crippen LogP contribution in [0.15, 0.2) is 72.8 Å². The highest BCUT2D eigenvalue weighted by atomic mass is 15.2. The van der Waals surface area contributed by atoms with Gasteiger partial charge in [-0.3, -0.25) is 0 Å². The maximum Gasteiger partial charge on any atom is 0.0629 e. The van der Waals surface area contributed by atoms with Crippen LogP contribution in [-0.2, 0) is 0 Å². The van der Waals surface area contributed by atoms with E-state index >= 15 is 0 Å². The Morgan fingerprint density at radius 2 is 1.70 bits per heavy atom.